The van der Waals surface area contributed by atoms with Crippen molar-refractivity contribution in [3.05, 3.63) is 29.8 Å². The number of piperazine rings is 1. The number of rotatable bonds is 2. The van der Waals surface area contributed by atoms with Crippen LogP contribution in [0.25, 0.3) is 0 Å². The van der Waals surface area contributed by atoms with Crippen LogP contribution in [-0.4, -0.2) is 50.6 Å². The summed E-state index contributed by atoms with van der Waals surface area (Å²) in [6.07, 6.45) is -4.30. The van der Waals surface area contributed by atoms with Crippen LogP contribution >= 0.6 is 24.0 Å². The zero-order chi connectivity index (χ0) is 16.2. The molecule has 1 heterocycles. The molecule has 1 saturated heterocycles. The van der Waals surface area contributed by atoms with E-state index in [1.165, 1.54) is 12.1 Å². The van der Waals surface area contributed by atoms with E-state index in [1.54, 1.807) is 13.1 Å². The third-order valence-corrected chi connectivity index (χ3v) is 3.66. The predicted octanol–water partition coefficient (Wildman–Crippen LogP) is 3.04. The van der Waals surface area contributed by atoms with E-state index in [0.29, 0.717) is 18.8 Å². The third kappa shape index (κ3) is 5.15. The van der Waals surface area contributed by atoms with Gasteiger partial charge in [-0.1, -0.05) is 6.07 Å². The Morgan fingerprint density at radius 3 is 2.39 bits per heavy atom. The summed E-state index contributed by atoms with van der Waals surface area (Å²) < 4.78 is 38.3. The Morgan fingerprint density at radius 1 is 1.22 bits per heavy atom. The lowest BCUT2D eigenvalue weighted by atomic mass is 10.1. The van der Waals surface area contributed by atoms with Crippen molar-refractivity contribution in [1.29, 1.82) is 0 Å². The largest absolute Gasteiger partial charge is 0.416 e. The second-order valence-corrected chi connectivity index (χ2v) is 5.10. The number of aliphatic imine (C=N–C) groups is 1. The van der Waals surface area contributed by atoms with E-state index in [9.17, 15) is 13.2 Å². The minimum Gasteiger partial charge on any atom is -0.368 e. The fourth-order valence-corrected chi connectivity index (χ4v) is 2.55. The Bertz CT molecular complexity index is 526. The molecule has 8 heteroatoms. The monoisotopic (exact) mass is 442 g/mol. The lowest BCUT2D eigenvalue weighted by molar-refractivity contribution is -0.137. The van der Waals surface area contributed by atoms with Crippen molar-refractivity contribution >= 4 is 35.6 Å². The highest BCUT2D eigenvalue weighted by Crippen LogP contribution is 2.31. The number of halogens is 4. The standard InChI is InChI=1S/C15H21F3N4.HI/c1-3-20-14(19-2)22-9-7-21(8-10-22)13-6-4-5-12(11-13)15(16,17)18;/h4-6,11H,3,7-10H2,1-2H3,(H,19,20);1H. The summed E-state index contributed by atoms with van der Waals surface area (Å²) in [4.78, 5) is 8.31. The molecule has 0 aliphatic carbocycles. The second kappa shape index (κ2) is 8.60. The first kappa shape index (κ1) is 19.9. The molecule has 1 aliphatic heterocycles. The van der Waals surface area contributed by atoms with E-state index >= 15 is 0 Å². The summed E-state index contributed by atoms with van der Waals surface area (Å²) in [5, 5.41) is 3.19. The molecule has 1 fully saturated rings. The average molecular weight is 442 g/mol. The summed E-state index contributed by atoms with van der Waals surface area (Å²) >= 11 is 0. The molecule has 0 radical (unpaired) electrons. The van der Waals surface area contributed by atoms with Gasteiger partial charge in [-0.2, -0.15) is 13.2 Å². The first-order valence-corrected chi connectivity index (χ1v) is 7.33. The fraction of sp³-hybridized carbons (Fsp3) is 0.533. The topological polar surface area (TPSA) is 30.9 Å². The minimum atomic E-state index is -4.30. The van der Waals surface area contributed by atoms with Crippen LogP contribution in [0.15, 0.2) is 29.3 Å². The van der Waals surface area contributed by atoms with Gasteiger partial charge in [0.2, 0.25) is 0 Å². The van der Waals surface area contributed by atoms with Crippen LogP contribution in [0.5, 0.6) is 0 Å². The molecule has 0 atom stereocenters. The van der Waals surface area contributed by atoms with Crippen LogP contribution in [0.3, 0.4) is 0 Å². The summed E-state index contributed by atoms with van der Waals surface area (Å²) in [6, 6.07) is 5.51. The Hall–Kier alpha value is -1.19. The van der Waals surface area contributed by atoms with Gasteiger partial charge in [-0.05, 0) is 25.1 Å². The highest BCUT2D eigenvalue weighted by molar-refractivity contribution is 14.0. The number of guanidine groups is 1. The number of alkyl halides is 3. The minimum absolute atomic E-state index is 0. The Morgan fingerprint density at radius 2 is 1.87 bits per heavy atom. The average Bonchev–Trinajstić information content (AvgIpc) is 2.52. The highest BCUT2D eigenvalue weighted by Gasteiger charge is 2.31. The van der Waals surface area contributed by atoms with E-state index < -0.39 is 11.7 Å². The quantitative estimate of drug-likeness (QED) is 0.434. The van der Waals surface area contributed by atoms with Crippen LogP contribution in [0.2, 0.25) is 0 Å². The summed E-state index contributed by atoms with van der Waals surface area (Å²) in [5.74, 6) is 0.839. The van der Waals surface area contributed by atoms with Crippen molar-refractivity contribution in [1.82, 2.24) is 10.2 Å². The summed E-state index contributed by atoms with van der Waals surface area (Å²) in [6.45, 7) is 5.61. The first-order valence-electron chi connectivity index (χ1n) is 7.33. The number of benzene rings is 1. The van der Waals surface area contributed by atoms with Gasteiger partial charge in [0.25, 0.3) is 0 Å². The summed E-state index contributed by atoms with van der Waals surface area (Å²) in [5.41, 5.74) is 0.0174. The van der Waals surface area contributed by atoms with Crippen molar-refractivity contribution in [2.75, 3.05) is 44.7 Å². The van der Waals surface area contributed by atoms with Gasteiger partial charge in [-0.3, -0.25) is 4.99 Å². The Balaban J connectivity index is 0.00000264. The van der Waals surface area contributed by atoms with Gasteiger partial charge in [0, 0.05) is 45.5 Å². The molecular weight excluding hydrogens is 420 g/mol. The maximum absolute atomic E-state index is 12.8. The zero-order valence-corrected chi connectivity index (χ0v) is 15.6. The third-order valence-electron chi connectivity index (χ3n) is 3.66. The molecule has 1 aromatic rings. The molecule has 23 heavy (non-hydrogen) atoms. The van der Waals surface area contributed by atoms with E-state index in [2.05, 4.69) is 15.2 Å². The van der Waals surface area contributed by atoms with E-state index in [1.807, 2.05) is 11.8 Å². The van der Waals surface area contributed by atoms with Gasteiger partial charge in [0.05, 0.1) is 5.56 Å². The number of hydrogen-bond acceptors (Lipinski definition) is 2. The molecule has 0 aromatic heterocycles. The number of nitrogens with zero attached hydrogens (tertiary/aromatic N) is 3. The van der Waals surface area contributed by atoms with Gasteiger partial charge in [-0.15, -0.1) is 24.0 Å². The molecule has 130 valence electrons. The van der Waals surface area contributed by atoms with Crippen LogP contribution in [0, 0.1) is 0 Å². The van der Waals surface area contributed by atoms with Crippen molar-refractivity contribution < 1.29 is 13.2 Å². The van der Waals surface area contributed by atoms with Crippen LogP contribution in [0.4, 0.5) is 18.9 Å². The normalized spacial score (nSPS) is 16.1. The fourth-order valence-electron chi connectivity index (χ4n) is 2.55. The molecule has 1 aromatic carbocycles. The van der Waals surface area contributed by atoms with Gasteiger partial charge in [0.1, 0.15) is 0 Å². The van der Waals surface area contributed by atoms with E-state index in [4.69, 9.17) is 0 Å². The Kier molecular flexibility index (Phi) is 7.43. The lowest BCUT2D eigenvalue weighted by Crippen LogP contribution is -2.52. The van der Waals surface area contributed by atoms with Crippen LogP contribution in [-0.2, 0) is 6.18 Å². The molecular formula is C15H22F3IN4. The predicted molar refractivity (Wildman–Crippen MR) is 97.7 cm³/mol. The maximum Gasteiger partial charge on any atom is 0.416 e. The van der Waals surface area contributed by atoms with E-state index in [-0.39, 0.29) is 24.0 Å². The smallest absolute Gasteiger partial charge is 0.368 e. The summed E-state index contributed by atoms with van der Waals surface area (Å²) in [7, 11) is 1.73. The molecule has 1 aliphatic rings. The van der Waals surface area contributed by atoms with Crippen LogP contribution in [0.1, 0.15) is 12.5 Å². The molecule has 0 spiro atoms. The molecule has 0 saturated carbocycles. The number of nitrogens with one attached hydrogen (secondary N) is 1. The molecule has 0 amide bonds. The van der Waals surface area contributed by atoms with Crippen molar-refractivity contribution in [2.24, 2.45) is 4.99 Å². The van der Waals surface area contributed by atoms with Gasteiger partial charge < -0.3 is 15.1 Å². The van der Waals surface area contributed by atoms with Crippen molar-refractivity contribution in [3.63, 3.8) is 0 Å². The lowest BCUT2D eigenvalue weighted by Gasteiger charge is -2.37. The number of hydrogen-bond donors (Lipinski definition) is 1. The van der Waals surface area contributed by atoms with E-state index in [0.717, 1.165) is 31.7 Å². The first-order chi connectivity index (χ1) is 10.5. The van der Waals surface area contributed by atoms with Gasteiger partial charge >= 0.3 is 6.18 Å². The van der Waals surface area contributed by atoms with Crippen LogP contribution < -0.4 is 10.2 Å². The van der Waals surface area contributed by atoms with Gasteiger partial charge in [-0.25, -0.2) is 0 Å². The molecule has 0 bridgehead atoms. The second-order valence-electron chi connectivity index (χ2n) is 5.10. The highest BCUT2D eigenvalue weighted by atomic mass is 127. The molecule has 2 rings (SSSR count). The van der Waals surface area contributed by atoms with Crippen molar-refractivity contribution in [2.45, 2.75) is 13.1 Å². The Labute approximate surface area is 151 Å². The maximum atomic E-state index is 12.8. The molecule has 0 unspecified atom stereocenters. The number of anilines is 1. The zero-order valence-electron chi connectivity index (χ0n) is 13.2. The SMILES string of the molecule is CCNC(=NC)N1CCN(c2cccc(C(F)(F)F)c2)CC1.I. The van der Waals surface area contributed by atoms with Crippen molar-refractivity contribution in [3.8, 4) is 0 Å². The molecule has 4 nitrogen and oxygen atoms in total. The van der Waals surface area contributed by atoms with Gasteiger partial charge in [0.15, 0.2) is 5.96 Å². The molecule has 1 N–H and O–H groups in total.